The Kier molecular flexibility index (Phi) is 7.55. The van der Waals surface area contributed by atoms with Gasteiger partial charge in [-0.25, -0.2) is 8.42 Å². The van der Waals surface area contributed by atoms with E-state index in [4.69, 9.17) is 23.2 Å². The number of benzene rings is 2. The maximum atomic E-state index is 13.1. The number of nitrogens with one attached hydrogen (secondary N) is 1. The van der Waals surface area contributed by atoms with Crippen LogP contribution in [0, 0.1) is 0 Å². The Bertz CT molecular complexity index is 1070. The molecule has 2 atom stereocenters. The normalized spacial score (nSPS) is 15.6. The smallest absolute Gasteiger partial charge is 0.244 e. The molecule has 0 radical (unpaired) electrons. The standard InChI is InChI=1S/C23H28Cl2N2O3S/c1-4-22(18-10-9-16-7-5-6-8-17(16)13-18)26-23(28)15(2)27(31(3,29)30)19-11-12-20(24)21(25)14-19/h9-15,22H,4-8H2,1-3H3,(H,26,28)/t15-,22+/m1/s1. The van der Waals surface area contributed by atoms with E-state index >= 15 is 0 Å². The number of carbonyl (C=O) groups excluding carboxylic acids is 1. The summed E-state index contributed by atoms with van der Waals surface area (Å²) in [5.74, 6) is -0.374. The molecule has 5 nitrogen and oxygen atoms in total. The van der Waals surface area contributed by atoms with E-state index < -0.39 is 16.1 Å². The highest BCUT2D eigenvalue weighted by Crippen LogP contribution is 2.30. The molecule has 1 aliphatic carbocycles. The molecule has 1 amide bonds. The third-order valence-corrected chi connectivity index (χ3v) is 7.73. The van der Waals surface area contributed by atoms with Crippen molar-refractivity contribution in [2.75, 3.05) is 10.6 Å². The van der Waals surface area contributed by atoms with Gasteiger partial charge in [0.1, 0.15) is 6.04 Å². The fourth-order valence-electron chi connectivity index (χ4n) is 4.11. The van der Waals surface area contributed by atoms with E-state index in [-0.39, 0.29) is 17.0 Å². The van der Waals surface area contributed by atoms with Crippen molar-refractivity contribution in [3.05, 3.63) is 63.1 Å². The third-order valence-electron chi connectivity index (χ3n) is 5.75. The molecule has 168 valence electrons. The van der Waals surface area contributed by atoms with Crippen LogP contribution in [0.2, 0.25) is 10.0 Å². The van der Waals surface area contributed by atoms with Crippen LogP contribution < -0.4 is 9.62 Å². The van der Waals surface area contributed by atoms with Gasteiger partial charge >= 0.3 is 0 Å². The van der Waals surface area contributed by atoms with Crippen molar-refractivity contribution in [3.8, 4) is 0 Å². The summed E-state index contributed by atoms with van der Waals surface area (Å²) in [6.45, 7) is 3.57. The van der Waals surface area contributed by atoms with Gasteiger partial charge in [-0.3, -0.25) is 9.10 Å². The first-order chi connectivity index (χ1) is 14.6. The fourth-order valence-corrected chi connectivity index (χ4v) is 5.57. The van der Waals surface area contributed by atoms with Gasteiger partial charge in [-0.1, -0.05) is 48.3 Å². The van der Waals surface area contributed by atoms with Crippen LogP contribution in [-0.2, 0) is 27.7 Å². The molecular formula is C23H28Cl2N2O3S. The van der Waals surface area contributed by atoms with Crippen molar-refractivity contribution in [2.45, 2.75) is 58.0 Å². The number of anilines is 1. The molecule has 0 saturated heterocycles. The van der Waals surface area contributed by atoms with Crippen molar-refractivity contribution < 1.29 is 13.2 Å². The van der Waals surface area contributed by atoms with Crippen LogP contribution in [0.1, 0.15) is 55.8 Å². The van der Waals surface area contributed by atoms with Crippen LogP contribution in [0.5, 0.6) is 0 Å². The van der Waals surface area contributed by atoms with Crippen molar-refractivity contribution in [1.29, 1.82) is 0 Å². The second-order valence-electron chi connectivity index (χ2n) is 8.04. The molecule has 1 N–H and O–H groups in total. The maximum absolute atomic E-state index is 13.1. The van der Waals surface area contributed by atoms with Gasteiger partial charge in [-0.15, -0.1) is 0 Å². The molecule has 0 saturated carbocycles. The summed E-state index contributed by atoms with van der Waals surface area (Å²) in [6, 6.07) is 9.76. The number of sulfonamides is 1. The molecule has 1 aliphatic rings. The Hall–Kier alpha value is -1.76. The summed E-state index contributed by atoms with van der Waals surface area (Å²) in [5.41, 5.74) is 4.07. The first-order valence-corrected chi connectivity index (χ1v) is 13.1. The number of nitrogens with zero attached hydrogens (tertiary/aromatic N) is 1. The predicted molar refractivity (Wildman–Crippen MR) is 128 cm³/mol. The number of hydrogen-bond donors (Lipinski definition) is 1. The van der Waals surface area contributed by atoms with Crippen LogP contribution in [-0.4, -0.2) is 26.6 Å². The van der Waals surface area contributed by atoms with Gasteiger partial charge < -0.3 is 5.32 Å². The molecule has 0 spiro atoms. The molecule has 3 rings (SSSR count). The van der Waals surface area contributed by atoms with Crippen molar-refractivity contribution in [3.63, 3.8) is 0 Å². The van der Waals surface area contributed by atoms with Crippen LogP contribution in [0.3, 0.4) is 0 Å². The number of halogens is 2. The predicted octanol–water partition coefficient (Wildman–Crippen LogP) is 5.29. The lowest BCUT2D eigenvalue weighted by molar-refractivity contribution is -0.122. The average Bonchev–Trinajstić information content (AvgIpc) is 2.73. The van der Waals surface area contributed by atoms with E-state index in [2.05, 4.69) is 23.5 Å². The molecule has 0 bridgehead atoms. The third kappa shape index (κ3) is 5.54. The van der Waals surface area contributed by atoms with Gasteiger partial charge in [0.2, 0.25) is 15.9 Å². The second kappa shape index (κ2) is 9.80. The van der Waals surface area contributed by atoms with Crippen LogP contribution in [0.15, 0.2) is 36.4 Å². The average molecular weight is 483 g/mol. The highest BCUT2D eigenvalue weighted by molar-refractivity contribution is 7.92. The first-order valence-electron chi connectivity index (χ1n) is 10.5. The van der Waals surface area contributed by atoms with Gasteiger partial charge in [-0.2, -0.15) is 0 Å². The summed E-state index contributed by atoms with van der Waals surface area (Å²) >= 11 is 12.1. The topological polar surface area (TPSA) is 66.5 Å². The van der Waals surface area contributed by atoms with Gasteiger partial charge in [0, 0.05) is 0 Å². The minimum absolute atomic E-state index is 0.197. The zero-order chi connectivity index (χ0) is 22.8. The first kappa shape index (κ1) is 23.9. The van der Waals surface area contributed by atoms with Gasteiger partial charge in [0.25, 0.3) is 0 Å². The number of hydrogen-bond acceptors (Lipinski definition) is 3. The summed E-state index contributed by atoms with van der Waals surface area (Å²) in [4.78, 5) is 13.1. The Morgan fingerprint density at radius 3 is 2.35 bits per heavy atom. The summed E-state index contributed by atoms with van der Waals surface area (Å²) in [6.07, 6.45) is 6.33. The largest absolute Gasteiger partial charge is 0.347 e. The number of fused-ring (bicyclic) bond motifs is 1. The quantitative estimate of drug-likeness (QED) is 0.582. The zero-order valence-corrected chi connectivity index (χ0v) is 20.3. The number of amides is 1. The Balaban J connectivity index is 1.84. The van der Waals surface area contributed by atoms with Crippen molar-refractivity contribution >= 4 is 44.8 Å². The van der Waals surface area contributed by atoms with E-state index in [0.717, 1.165) is 29.0 Å². The molecular weight excluding hydrogens is 455 g/mol. The zero-order valence-electron chi connectivity index (χ0n) is 18.0. The van der Waals surface area contributed by atoms with E-state index in [1.54, 1.807) is 13.0 Å². The Morgan fingerprint density at radius 2 is 1.74 bits per heavy atom. The molecule has 0 fully saturated rings. The number of aryl methyl sites for hydroxylation is 2. The Labute approximate surface area is 194 Å². The van der Waals surface area contributed by atoms with Gasteiger partial charge in [0.15, 0.2) is 0 Å². The Morgan fingerprint density at radius 1 is 1.06 bits per heavy atom. The van der Waals surface area contributed by atoms with E-state index in [1.165, 1.54) is 36.1 Å². The van der Waals surface area contributed by atoms with Gasteiger partial charge in [0.05, 0.1) is 28.0 Å². The van der Waals surface area contributed by atoms with Crippen LogP contribution in [0.25, 0.3) is 0 Å². The molecule has 2 aromatic carbocycles. The second-order valence-corrected chi connectivity index (χ2v) is 10.7. The summed E-state index contributed by atoms with van der Waals surface area (Å²) in [5, 5.41) is 3.57. The molecule has 0 heterocycles. The number of rotatable bonds is 7. The molecule has 31 heavy (non-hydrogen) atoms. The van der Waals surface area contributed by atoms with E-state index in [1.807, 2.05) is 6.92 Å². The summed E-state index contributed by atoms with van der Waals surface area (Å²) < 4.78 is 26.1. The van der Waals surface area contributed by atoms with Crippen LogP contribution in [0.4, 0.5) is 5.69 Å². The lowest BCUT2D eigenvalue weighted by Gasteiger charge is -2.30. The lowest BCUT2D eigenvalue weighted by Crippen LogP contribution is -2.48. The molecule has 0 unspecified atom stereocenters. The number of carbonyl (C=O) groups is 1. The van der Waals surface area contributed by atoms with E-state index in [0.29, 0.717) is 17.1 Å². The SMILES string of the molecule is CC[C@H](NC(=O)[C@@H](C)N(c1ccc(Cl)c(Cl)c1)S(C)(=O)=O)c1ccc2c(c1)CCCC2. The highest BCUT2D eigenvalue weighted by atomic mass is 35.5. The summed E-state index contributed by atoms with van der Waals surface area (Å²) in [7, 11) is -3.74. The molecule has 2 aromatic rings. The van der Waals surface area contributed by atoms with Crippen molar-refractivity contribution in [1.82, 2.24) is 5.32 Å². The lowest BCUT2D eigenvalue weighted by atomic mass is 9.88. The van der Waals surface area contributed by atoms with Gasteiger partial charge in [-0.05, 0) is 73.9 Å². The maximum Gasteiger partial charge on any atom is 0.244 e. The minimum atomic E-state index is -3.74. The van der Waals surface area contributed by atoms with Crippen molar-refractivity contribution in [2.24, 2.45) is 0 Å². The monoisotopic (exact) mass is 482 g/mol. The highest BCUT2D eigenvalue weighted by Gasteiger charge is 2.30. The molecule has 0 aromatic heterocycles. The van der Waals surface area contributed by atoms with E-state index in [9.17, 15) is 13.2 Å². The fraction of sp³-hybridized carbons (Fsp3) is 0.435. The molecule has 8 heteroatoms. The molecule has 0 aliphatic heterocycles. The minimum Gasteiger partial charge on any atom is -0.347 e. The van der Waals surface area contributed by atoms with Crippen LogP contribution >= 0.6 is 23.2 Å².